The predicted octanol–water partition coefficient (Wildman–Crippen LogP) is -1.63. The molecule has 2 heterocycles. The first-order valence-electron chi connectivity index (χ1n) is 6.38. The van der Waals surface area contributed by atoms with Crippen LogP contribution in [0, 0.1) is 0 Å². The number of hydrogen-bond acceptors (Lipinski definition) is 6. The van der Waals surface area contributed by atoms with Crippen molar-refractivity contribution in [2.45, 2.75) is 13.0 Å². The number of halogens is 1. The summed E-state index contributed by atoms with van der Waals surface area (Å²) < 4.78 is 0.590. The Labute approximate surface area is 189 Å². The third-order valence-corrected chi connectivity index (χ3v) is 4.57. The van der Waals surface area contributed by atoms with Gasteiger partial charge in [0.15, 0.2) is 0 Å². The molecule has 1 N–H and O–H groups in total. The Bertz CT molecular complexity index is 636. The number of thiophene rings is 1. The van der Waals surface area contributed by atoms with E-state index >= 15 is 0 Å². The molecule has 0 aliphatic heterocycles. The third-order valence-electron chi connectivity index (χ3n) is 2.72. The maximum absolute atomic E-state index is 12.1. The van der Waals surface area contributed by atoms with E-state index in [2.05, 4.69) is 10.3 Å². The molecular weight excluding hydrogens is 385 g/mol. The van der Waals surface area contributed by atoms with Crippen LogP contribution >= 0.6 is 34.3 Å². The van der Waals surface area contributed by atoms with Gasteiger partial charge in [-0.3, -0.25) is 0 Å². The van der Waals surface area contributed by atoms with Crippen LogP contribution in [0.5, 0.6) is 0 Å². The molecule has 0 saturated heterocycles. The molecule has 0 radical (unpaired) electrons. The molecule has 2 aromatic heterocycles. The van der Waals surface area contributed by atoms with E-state index in [4.69, 9.17) is 11.6 Å². The normalized spacial score (nSPS) is 9.96. The van der Waals surface area contributed by atoms with Crippen molar-refractivity contribution in [1.82, 2.24) is 15.2 Å². The largest absolute Gasteiger partial charge is 1.00 e. The van der Waals surface area contributed by atoms with Gasteiger partial charge in [0.1, 0.15) is 0 Å². The second-order valence-corrected chi connectivity index (χ2v) is 6.91. The van der Waals surface area contributed by atoms with Crippen LogP contribution in [0.25, 0.3) is 0 Å². The molecule has 118 valence electrons. The van der Waals surface area contributed by atoms with Gasteiger partial charge in [0.05, 0.1) is 34.6 Å². The second-order valence-electron chi connectivity index (χ2n) is 4.40. The number of amides is 2. The van der Waals surface area contributed by atoms with Crippen molar-refractivity contribution in [1.29, 1.82) is 0 Å². The average Bonchev–Trinajstić information content (AvgIpc) is 3.09. The molecule has 0 atom stereocenters. The van der Waals surface area contributed by atoms with Crippen molar-refractivity contribution in [2.24, 2.45) is 0 Å². The first-order valence-corrected chi connectivity index (χ1v) is 8.52. The minimum Gasteiger partial charge on any atom is -0.548 e. The van der Waals surface area contributed by atoms with E-state index in [0.29, 0.717) is 17.3 Å². The summed E-state index contributed by atoms with van der Waals surface area (Å²) in [5.41, 5.74) is 2.61. The number of nitrogens with zero attached hydrogens (tertiary/aromatic N) is 2. The average molecular weight is 398 g/mol. The van der Waals surface area contributed by atoms with Gasteiger partial charge in [0, 0.05) is 23.2 Å². The van der Waals surface area contributed by atoms with Gasteiger partial charge >= 0.3 is 57.4 Å². The monoisotopic (exact) mass is 397 g/mol. The molecule has 6 nitrogen and oxygen atoms in total. The van der Waals surface area contributed by atoms with Gasteiger partial charge in [-0.05, 0) is 12.1 Å². The van der Waals surface area contributed by atoms with Crippen molar-refractivity contribution < 1.29 is 66.1 Å². The van der Waals surface area contributed by atoms with Crippen LogP contribution in [-0.2, 0) is 17.8 Å². The number of rotatable bonds is 7. The maximum Gasteiger partial charge on any atom is 1.00 e. The standard InChI is InChI=1S/C13H14ClN3O3S2.K/c14-11-2-1-10(22-11)5-17(6-12(18)19)13(20)15-4-3-9-7-21-8-16-9;/h1-2,7-8H,3-6H2,(H,15,20)(H,18,19);/q;+1/p-1. The van der Waals surface area contributed by atoms with Gasteiger partial charge in [-0.15, -0.1) is 22.7 Å². The second kappa shape index (κ2) is 10.8. The van der Waals surface area contributed by atoms with Gasteiger partial charge in [-0.1, -0.05) is 11.6 Å². The fourth-order valence-electron chi connectivity index (χ4n) is 1.75. The number of carboxylic acids is 1. The van der Waals surface area contributed by atoms with Crippen molar-refractivity contribution >= 4 is 46.3 Å². The number of urea groups is 1. The summed E-state index contributed by atoms with van der Waals surface area (Å²) in [7, 11) is 0. The smallest absolute Gasteiger partial charge is 0.548 e. The van der Waals surface area contributed by atoms with Crippen molar-refractivity contribution in [2.75, 3.05) is 13.1 Å². The van der Waals surface area contributed by atoms with Crippen LogP contribution in [0.1, 0.15) is 10.6 Å². The number of carbonyl (C=O) groups is 2. The van der Waals surface area contributed by atoms with Crippen LogP contribution in [0.2, 0.25) is 4.34 Å². The summed E-state index contributed by atoms with van der Waals surface area (Å²) in [6.45, 7) is 0.0866. The Hall–Kier alpha value is -0.00364. The van der Waals surface area contributed by atoms with Crippen LogP contribution in [0.15, 0.2) is 23.0 Å². The summed E-state index contributed by atoms with van der Waals surface area (Å²) in [5, 5.41) is 15.4. The summed E-state index contributed by atoms with van der Waals surface area (Å²) in [5.74, 6) is -1.31. The molecule has 0 unspecified atom stereocenters. The van der Waals surface area contributed by atoms with E-state index in [1.807, 2.05) is 5.38 Å². The van der Waals surface area contributed by atoms with E-state index in [1.54, 1.807) is 17.6 Å². The number of carbonyl (C=O) groups excluding carboxylic acids is 2. The number of hydrogen-bond donors (Lipinski definition) is 1. The molecule has 0 bridgehead atoms. The van der Waals surface area contributed by atoms with Crippen LogP contribution in [0.3, 0.4) is 0 Å². The Morgan fingerprint density at radius 2 is 2.17 bits per heavy atom. The first-order chi connectivity index (χ1) is 10.5. The molecule has 0 aliphatic carbocycles. The number of carboxylic acid groups (broad SMARTS) is 1. The molecular formula is C13H13ClKN3O3S2. The van der Waals surface area contributed by atoms with E-state index in [9.17, 15) is 14.7 Å². The zero-order chi connectivity index (χ0) is 15.9. The SMILES string of the molecule is O=C([O-])CN(Cc1ccc(Cl)s1)C(=O)NCCc1cscn1.[K+]. The topological polar surface area (TPSA) is 85.4 Å². The molecule has 0 spiro atoms. The fourth-order valence-corrected chi connectivity index (χ4v) is 3.45. The Balaban J connectivity index is 0.00000264. The number of nitrogens with one attached hydrogen (secondary N) is 1. The molecule has 2 aromatic rings. The molecule has 0 aliphatic rings. The third kappa shape index (κ3) is 7.61. The fraction of sp³-hybridized carbons (Fsp3) is 0.308. The Morgan fingerprint density at radius 1 is 1.39 bits per heavy atom. The molecule has 0 aromatic carbocycles. The van der Waals surface area contributed by atoms with Crippen LogP contribution < -0.4 is 61.8 Å². The van der Waals surface area contributed by atoms with Crippen LogP contribution in [0.4, 0.5) is 4.79 Å². The minimum absolute atomic E-state index is 0. The van der Waals surface area contributed by atoms with Crippen LogP contribution in [-0.4, -0.2) is 35.0 Å². The predicted molar refractivity (Wildman–Crippen MR) is 84.0 cm³/mol. The summed E-state index contributed by atoms with van der Waals surface area (Å²) in [4.78, 5) is 29.0. The quantitative estimate of drug-likeness (QED) is 0.568. The maximum atomic E-state index is 12.1. The van der Waals surface area contributed by atoms with Gasteiger partial charge in [0.2, 0.25) is 0 Å². The van der Waals surface area contributed by atoms with E-state index in [0.717, 1.165) is 10.6 Å². The first kappa shape index (κ1) is 21.0. The van der Waals surface area contributed by atoms with Crippen molar-refractivity contribution in [3.05, 3.63) is 37.9 Å². The number of aromatic nitrogens is 1. The molecule has 23 heavy (non-hydrogen) atoms. The van der Waals surface area contributed by atoms with E-state index in [-0.39, 0.29) is 57.9 Å². The number of thiazole rings is 1. The molecule has 0 saturated carbocycles. The molecule has 10 heteroatoms. The Kier molecular flexibility index (Phi) is 9.86. The molecule has 2 amide bonds. The summed E-state index contributed by atoms with van der Waals surface area (Å²) in [6, 6.07) is 3.01. The zero-order valence-corrected chi connectivity index (χ0v) is 18.0. The van der Waals surface area contributed by atoms with Crippen molar-refractivity contribution in [3.8, 4) is 0 Å². The van der Waals surface area contributed by atoms with Gasteiger partial charge in [0.25, 0.3) is 0 Å². The van der Waals surface area contributed by atoms with Gasteiger partial charge < -0.3 is 20.1 Å². The zero-order valence-electron chi connectivity index (χ0n) is 12.5. The summed E-state index contributed by atoms with van der Waals surface area (Å²) >= 11 is 8.62. The molecule has 2 rings (SSSR count). The number of aliphatic carboxylic acids is 1. The summed E-state index contributed by atoms with van der Waals surface area (Å²) in [6.07, 6.45) is 0.596. The van der Waals surface area contributed by atoms with E-state index < -0.39 is 18.5 Å². The van der Waals surface area contributed by atoms with Gasteiger partial charge in [-0.2, -0.15) is 0 Å². The van der Waals surface area contributed by atoms with Crippen molar-refractivity contribution in [3.63, 3.8) is 0 Å². The van der Waals surface area contributed by atoms with Gasteiger partial charge in [-0.25, -0.2) is 9.78 Å². The Morgan fingerprint density at radius 3 is 2.74 bits per heavy atom. The molecule has 0 fully saturated rings. The minimum atomic E-state index is -1.31. The van der Waals surface area contributed by atoms with E-state index in [1.165, 1.54) is 27.6 Å².